The molecule has 1 spiro atoms. The summed E-state index contributed by atoms with van der Waals surface area (Å²) in [7, 11) is 0. The average molecular weight is 355 g/mol. The van der Waals surface area contributed by atoms with Crippen molar-refractivity contribution in [1.29, 1.82) is 0 Å². The predicted octanol–water partition coefficient (Wildman–Crippen LogP) is 2.80. The molecular formula is C19H21N3O2S. The standard InChI is InChI=1S/C19H21N3O2S/c23-17(16-4-10-25-13-16)22-9-6-19(14-22)5-2-8-21(18(19)24)12-15-3-1-7-20-11-15/h1,3-4,7,10-11,13H,2,5-6,8-9,12,14H2/t19-/m1/s1. The number of rotatable bonds is 3. The lowest BCUT2D eigenvalue weighted by atomic mass is 9.78. The summed E-state index contributed by atoms with van der Waals surface area (Å²) in [5.74, 6) is 0.249. The van der Waals surface area contributed by atoms with Gasteiger partial charge in [0.05, 0.1) is 11.0 Å². The zero-order chi connectivity index (χ0) is 17.3. The molecule has 0 aliphatic carbocycles. The van der Waals surface area contributed by atoms with Crippen molar-refractivity contribution in [1.82, 2.24) is 14.8 Å². The summed E-state index contributed by atoms with van der Waals surface area (Å²) >= 11 is 1.53. The second-order valence-corrected chi connectivity index (χ2v) is 7.74. The predicted molar refractivity (Wildman–Crippen MR) is 96.2 cm³/mol. The van der Waals surface area contributed by atoms with Gasteiger partial charge in [-0.05, 0) is 42.3 Å². The largest absolute Gasteiger partial charge is 0.338 e. The molecule has 4 rings (SSSR count). The molecule has 5 nitrogen and oxygen atoms in total. The van der Waals surface area contributed by atoms with Gasteiger partial charge >= 0.3 is 0 Å². The molecule has 2 saturated heterocycles. The highest BCUT2D eigenvalue weighted by molar-refractivity contribution is 7.08. The minimum Gasteiger partial charge on any atom is -0.338 e. The molecule has 2 fully saturated rings. The molecule has 6 heteroatoms. The molecule has 0 bridgehead atoms. The molecule has 0 radical (unpaired) electrons. The number of hydrogen-bond donors (Lipinski definition) is 0. The number of amides is 2. The molecular weight excluding hydrogens is 334 g/mol. The van der Waals surface area contributed by atoms with E-state index in [1.165, 1.54) is 11.3 Å². The molecule has 4 heterocycles. The highest BCUT2D eigenvalue weighted by Gasteiger charge is 2.49. The van der Waals surface area contributed by atoms with E-state index in [0.29, 0.717) is 19.6 Å². The van der Waals surface area contributed by atoms with E-state index in [1.54, 1.807) is 6.20 Å². The molecule has 0 saturated carbocycles. The van der Waals surface area contributed by atoms with Gasteiger partial charge in [-0.3, -0.25) is 14.6 Å². The van der Waals surface area contributed by atoms with Crippen LogP contribution in [0.3, 0.4) is 0 Å². The number of aromatic nitrogens is 1. The topological polar surface area (TPSA) is 53.5 Å². The van der Waals surface area contributed by atoms with Crippen LogP contribution >= 0.6 is 11.3 Å². The van der Waals surface area contributed by atoms with Crippen LogP contribution in [0.15, 0.2) is 41.4 Å². The van der Waals surface area contributed by atoms with Gasteiger partial charge in [-0.15, -0.1) is 0 Å². The fraction of sp³-hybridized carbons (Fsp3) is 0.421. The smallest absolute Gasteiger partial charge is 0.254 e. The van der Waals surface area contributed by atoms with E-state index in [0.717, 1.165) is 36.9 Å². The van der Waals surface area contributed by atoms with Crippen molar-refractivity contribution in [2.24, 2.45) is 5.41 Å². The van der Waals surface area contributed by atoms with Gasteiger partial charge in [-0.2, -0.15) is 11.3 Å². The van der Waals surface area contributed by atoms with E-state index in [1.807, 2.05) is 45.0 Å². The molecule has 2 aliphatic heterocycles. The Balaban J connectivity index is 1.48. The van der Waals surface area contributed by atoms with Gasteiger partial charge < -0.3 is 9.80 Å². The minimum absolute atomic E-state index is 0.0512. The van der Waals surface area contributed by atoms with Crippen molar-refractivity contribution in [2.75, 3.05) is 19.6 Å². The van der Waals surface area contributed by atoms with Crippen LogP contribution in [0.5, 0.6) is 0 Å². The number of hydrogen-bond acceptors (Lipinski definition) is 4. The summed E-state index contributed by atoms with van der Waals surface area (Å²) in [6.07, 6.45) is 6.20. The molecule has 130 valence electrons. The van der Waals surface area contributed by atoms with E-state index in [-0.39, 0.29) is 11.8 Å². The Labute approximate surface area is 151 Å². The lowest BCUT2D eigenvalue weighted by Gasteiger charge is -2.39. The van der Waals surface area contributed by atoms with E-state index < -0.39 is 5.41 Å². The lowest BCUT2D eigenvalue weighted by Crippen LogP contribution is -2.50. The van der Waals surface area contributed by atoms with Crippen LogP contribution in [0.25, 0.3) is 0 Å². The van der Waals surface area contributed by atoms with Gasteiger partial charge in [0.2, 0.25) is 5.91 Å². The van der Waals surface area contributed by atoms with Crippen LogP contribution in [-0.2, 0) is 11.3 Å². The Hall–Kier alpha value is -2.21. The summed E-state index contributed by atoms with van der Waals surface area (Å²) in [6.45, 7) is 2.60. The van der Waals surface area contributed by atoms with E-state index in [2.05, 4.69) is 4.98 Å². The van der Waals surface area contributed by atoms with Crippen LogP contribution in [0.1, 0.15) is 35.2 Å². The quantitative estimate of drug-likeness (QED) is 0.851. The molecule has 25 heavy (non-hydrogen) atoms. The van der Waals surface area contributed by atoms with E-state index in [4.69, 9.17) is 0 Å². The highest BCUT2D eigenvalue weighted by Crippen LogP contribution is 2.41. The van der Waals surface area contributed by atoms with Gasteiger partial charge in [0, 0.05) is 44.0 Å². The molecule has 1 atom stereocenters. The molecule has 0 unspecified atom stereocenters. The molecule has 2 aromatic rings. The summed E-state index contributed by atoms with van der Waals surface area (Å²) in [6, 6.07) is 5.76. The second-order valence-electron chi connectivity index (χ2n) is 6.96. The first kappa shape index (κ1) is 16.3. The van der Waals surface area contributed by atoms with Crippen LogP contribution in [-0.4, -0.2) is 46.2 Å². The van der Waals surface area contributed by atoms with Crippen molar-refractivity contribution >= 4 is 23.2 Å². The Morgan fingerprint density at radius 2 is 2.20 bits per heavy atom. The third-order valence-electron chi connectivity index (χ3n) is 5.33. The van der Waals surface area contributed by atoms with Crippen LogP contribution < -0.4 is 0 Å². The van der Waals surface area contributed by atoms with Crippen molar-refractivity contribution in [3.8, 4) is 0 Å². The van der Waals surface area contributed by atoms with Crippen molar-refractivity contribution in [3.05, 3.63) is 52.5 Å². The first-order chi connectivity index (χ1) is 12.2. The summed E-state index contributed by atoms with van der Waals surface area (Å²) in [4.78, 5) is 33.7. The van der Waals surface area contributed by atoms with Crippen LogP contribution in [0.4, 0.5) is 0 Å². The molecule has 2 aliphatic rings. The first-order valence-corrected chi connectivity index (χ1v) is 9.62. The summed E-state index contributed by atoms with van der Waals surface area (Å²) < 4.78 is 0. The summed E-state index contributed by atoms with van der Waals surface area (Å²) in [5.41, 5.74) is 1.39. The SMILES string of the molecule is O=C(c1ccsc1)N1CC[C@]2(CCCN(Cc3cccnc3)C2=O)C1. The number of thiophene rings is 1. The number of nitrogens with zero attached hydrogens (tertiary/aromatic N) is 3. The maximum atomic E-state index is 13.2. The van der Waals surface area contributed by atoms with Gasteiger partial charge in [-0.1, -0.05) is 6.07 Å². The highest BCUT2D eigenvalue weighted by atomic mass is 32.1. The average Bonchev–Trinajstić information content (AvgIpc) is 3.31. The fourth-order valence-corrected chi connectivity index (χ4v) is 4.64. The molecule has 0 aromatic carbocycles. The van der Waals surface area contributed by atoms with Gasteiger partial charge in [0.25, 0.3) is 5.91 Å². The third-order valence-corrected chi connectivity index (χ3v) is 6.01. The maximum Gasteiger partial charge on any atom is 0.254 e. The summed E-state index contributed by atoms with van der Waals surface area (Å²) in [5, 5.41) is 3.80. The van der Waals surface area contributed by atoms with Crippen molar-refractivity contribution in [3.63, 3.8) is 0 Å². The van der Waals surface area contributed by atoms with Gasteiger partial charge in [-0.25, -0.2) is 0 Å². The zero-order valence-electron chi connectivity index (χ0n) is 14.1. The van der Waals surface area contributed by atoms with E-state index in [9.17, 15) is 9.59 Å². The number of pyridine rings is 1. The Morgan fingerprint density at radius 3 is 2.96 bits per heavy atom. The minimum atomic E-state index is -0.397. The van der Waals surface area contributed by atoms with Gasteiger partial charge in [0.1, 0.15) is 0 Å². The van der Waals surface area contributed by atoms with Crippen molar-refractivity contribution in [2.45, 2.75) is 25.8 Å². The number of piperidine rings is 1. The fourth-order valence-electron chi connectivity index (χ4n) is 4.01. The Morgan fingerprint density at radius 1 is 1.28 bits per heavy atom. The third kappa shape index (κ3) is 3.06. The normalized spacial score (nSPS) is 23.4. The number of likely N-dealkylation sites (tertiary alicyclic amines) is 2. The van der Waals surface area contributed by atoms with Gasteiger partial charge in [0.15, 0.2) is 0 Å². The maximum absolute atomic E-state index is 13.2. The lowest BCUT2D eigenvalue weighted by molar-refractivity contribution is -0.146. The van der Waals surface area contributed by atoms with E-state index >= 15 is 0 Å². The van der Waals surface area contributed by atoms with Crippen LogP contribution in [0, 0.1) is 5.41 Å². The first-order valence-electron chi connectivity index (χ1n) is 8.68. The van der Waals surface area contributed by atoms with Crippen LogP contribution in [0.2, 0.25) is 0 Å². The number of carbonyl (C=O) groups is 2. The molecule has 2 aromatic heterocycles. The molecule has 0 N–H and O–H groups in total. The Bertz CT molecular complexity index is 762. The molecule has 2 amide bonds. The zero-order valence-corrected chi connectivity index (χ0v) is 14.9. The number of carbonyl (C=O) groups excluding carboxylic acids is 2. The Kier molecular flexibility index (Phi) is 4.29. The monoisotopic (exact) mass is 355 g/mol. The second kappa shape index (κ2) is 6.59. The van der Waals surface area contributed by atoms with Crippen molar-refractivity contribution < 1.29 is 9.59 Å².